The van der Waals surface area contributed by atoms with Gasteiger partial charge >= 0.3 is 0 Å². The van der Waals surface area contributed by atoms with Crippen LogP contribution < -0.4 is 0 Å². The summed E-state index contributed by atoms with van der Waals surface area (Å²) in [7, 11) is 0. The summed E-state index contributed by atoms with van der Waals surface area (Å²) < 4.78 is 5.27. The molecule has 14 heavy (non-hydrogen) atoms. The third-order valence-electron chi connectivity index (χ3n) is 1.97. The molecule has 70 valence electrons. The van der Waals surface area contributed by atoms with Gasteiger partial charge in [-0.1, -0.05) is 18.2 Å². The number of rotatable bonds is 3. The number of hydrogen-bond donors (Lipinski definition) is 0. The molecule has 0 aliphatic heterocycles. The fourth-order valence-electron chi connectivity index (χ4n) is 1.30. The summed E-state index contributed by atoms with van der Waals surface area (Å²) in [6.07, 6.45) is 0.454. The Labute approximate surface area is 80.3 Å². The molecule has 0 radical (unpaired) electrons. The summed E-state index contributed by atoms with van der Waals surface area (Å²) >= 11 is 0. The molecular weight excluding hydrogens is 180 g/mol. The van der Waals surface area contributed by atoms with Gasteiger partial charge in [-0.2, -0.15) is 0 Å². The van der Waals surface area contributed by atoms with E-state index in [-0.39, 0.29) is 18.0 Å². The first-order valence-electron chi connectivity index (χ1n) is 4.26. The molecule has 1 heterocycles. The van der Waals surface area contributed by atoms with Crippen LogP contribution in [0.25, 0.3) is 11.0 Å². The van der Waals surface area contributed by atoms with E-state index < -0.39 is 0 Å². The van der Waals surface area contributed by atoms with Crippen molar-refractivity contribution >= 4 is 23.0 Å². The van der Waals surface area contributed by atoms with Gasteiger partial charge in [0, 0.05) is 5.39 Å². The highest BCUT2D eigenvalue weighted by molar-refractivity contribution is 6.03. The summed E-state index contributed by atoms with van der Waals surface area (Å²) in [5.74, 6) is -0.0329. The van der Waals surface area contributed by atoms with E-state index in [4.69, 9.17) is 4.42 Å². The Morgan fingerprint density at radius 3 is 2.86 bits per heavy atom. The Kier molecular flexibility index (Phi) is 2.14. The van der Waals surface area contributed by atoms with Crippen LogP contribution in [0.3, 0.4) is 0 Å². The molecule has 1 aromatic heterocycles. The summed E-state index contributed by atoms with van der Waals surface area (Å²) in [6, 6.07) is 9.00. The number of carbonyl (C=O) groups is 2. The SMILES string of the molecule is O=CCC(=O)c1cc2ccccc2o1. The molecule has 0 bridgehead atoms. The monoisotopic (exact) mass is 188 g/mol. The van der Waals surface area contributed by atoms with Gasteiger partial charge in [-0.15, -0.1) is 0 Å². The van der Waals surface area contributed by atoms with Gasteiger partial charge in [-0.05, 0) is 12.1 Å². The topological polar surface area (TPSA) is 47.3 Å². The smallest absolute Gasteiger partial charge is 0.205 e. The number of para-hydroxylation sites is 1. The summed E-state index contributed by atoms with van der Waals surface area (Å²) in [5.41, 5.74) is 0.668. The van der Waals surface area contributed by atoms with E-state index in [9.17, 15) is 9.59 Å². The predicted octanol–water partition coefficient (Wildman–Crippen LogP) is 2.20. The second-order valence-electron chi connectivity index (χ2n) is 2.94. The molecular formula is C11H8O3. The lowest BCUT2D eigenvalue weighted by atomic mass is 10.2. The van der Waals surface area contributed by atoms with Crippen molar-refractivity contribution in [2.75, 3.05) is 0 Å². The van der Waals surface area contributed by atoms with Gasteiger partial charge in [0.2, 0.25) is 5.78 Å². The molecule has 3 heteroatoms. The van der Waals surface area contributed by atoms with Crippen LogP contribution >= 0.6 is 0 Å². The van der Waals surface area contributed by atoms with E-state index in [2.05, 4.69) is 0 Å². The van der Waals surface area contributed by atoms with E-state index in [0.717, 1.165) is 5.39 Å². The van der Waals surface area contributed by atoms with Crippen LogP contribution in [0.15, 0.2) is 34.7 Å². The Morgan fingerprint density at radius 2 is 2.14 bits per heavy atom. The average molecular weight is 188 g/mol. The molecule has 2 aromatic rings. The zero-order valence-corrected chi connectivity index (χ0v) is 7.40. The first kappa shape index (κ1) is 8.69. The molecule has 0 fully saturated rings. The number of furan rings is 1. The molecule has 0 unspecified atom stereocenters. The van der Waals surface area contributed by atoms with Crippen LogP contribution in [0, 0.1) is 0 Å². The lowest BCUT2D eigenvalue weighted by molar-refractivity contribution is -0.107. The lowest BCUT2D eigenvalue weighted by Gasteiger charge is -1.87. The van der Waals surface area contributed by atoms with Crippen LogP contribution in [-0.2, 0) is 4.79 Å². The first-order valence-corrected chi connectivity index (χ1v) is 4.26. The zero-order chi connectivity index (χ0) is 9.97. The predicted molar refractivity (Wildman–Crippen MR) is 51.2 cm³/mol. The minimum atomic E-state index is -0.281. The van der Waals surface area contributed by atoms with Crippen molar-refractivity contribution in [2.45, 2.75) is 6.42 Å². The maximum Gasteiger partial charge on any atom is 0.205 e. The van der Waals surface area contributed by atoms with Gasteiger partial charge in [-0.3, -0.25) is 4.79 Å². The zero-order valence-electron chi connectivity index (χ0n) is 7.40. The van der Waals surface area contributed by atoms with E-state index in [0.29, 0.717) is 11.9 Å². The van der Waals surface area contributed by atoms with E-state index in [1.807, 2.05) is 18.2 Å². The summed E-state index contributed by atoms with van der Waals surface area (Å²) in [6.45, 7) is 0. The molecule has 0 saturated carbocycles. The molecule has 0 N–H and O–H groups in total. The van der Waals surface area contributed by atoms with Crippen molar-refractivity contribution in [3.63, 3.8) is 0 Å². The van der Waals surface area contributed by atoms with Gasteiger partial charge in [0.25, 0.3) is 0 Å². The van der Waals surface area contributed by atoms with E-state index in [1.54, 1.807) is 12.1 Å². The highest BCUT2D eigenvalue weighted by Crippen LogP contribution is 2.19. The number of carbonyl (C=O) groups excluding carboxylic acids is 2. The maximum absolute atomic E-state index is 11.3. The van der Waals surface area contributed by atoms with E-state index >= 15 is 0 Å². The van der Waals surface area contributed by atoms with Crippen molar-refractivity contribution in [1.82, 2.24) is 0 Å². The van der Waals surface area contributed by atoms with Gasteiger partial charge in [-0.25, -0.2) is 0 Å². The second kappa shape index (κ2) is 3.46. The Hall–Kier alpha value is -1.90. The van der Waals surface area contributed by atoms with Gasteiger partial charge < -0.3 is 9.21 Å². The normalized spacial score (nSPS) is 10.3. The van der Waals surface area contributed by atoms with Gasteiger partial charge in [0.15, 0.2) is 5.76 Å². The largest absolute Gasteiger partial charge is 0.453 e. The molecule has 0 saturated heterocycles. The van der Waals surface area contributed by atoms with Crippen molar-refractivity contribution in [2.24, 2.45) is 0 Å². The van der Waals surface area contributed by atoms with Crippen LogP contribution in [0.4, 0.5) is 0 Å². The summed E-state index contributed by atoms with van der Waals surface area (Å²) in [4.78, 5) is 21.4. The van der Waals surface area contributed by atoms with Crippen LogP contribution in [0.1, 0.15) is 17.0 Å². The molecule has 0 amide bonds. The highest BCUT2D eigenvalue weighted by Gasteiger charge is 2.10. The number of aldehydes is 1. The molecule has 0 aliphatic carbocycles. The minimum absolute atomic E-state index is 0.125. The third-order valence-corrected chi connectivity index (χ3v) is 1.97. The number of benzene rings is 1. The van der Waals surface area contributed by atoms with Crippen LogP contribution in [0.2, 0.25) is 0 Å². The number of Topliss-reactive ketones (excluding diaryl/α,β-unsaturated/α-hetero) is 1. The molecule has 2 rings (SSSR count). The van der Waals surface area contributed by atoms with Crippen molar-refractivity contribution in [3.8, 4) is 0 Å². The fraction of sp³-hybridized carbons (Fsp3) is 0.0909. The van der Waals surface area contributed by atoms with E-state index in [1.165, 1.54) is 0 Å². The van der Waals surface area contributed by atoms with Crippen molar-refractivity contribution < 1.29 is 14.0 Å². The third kappa shape index (κ3) is 1.44. The first-order chi connectivity index (χ1) is 6.81. The second-order valence-corrected chi connectivity index (χ2v) is 2.94. The van der Waals surface area contributed by atoms with Crippen LogP contribution in [0.5, 0.6) is 0 Å². The quantitative estimate of drug-likeness (QED) is 0.421. The fourth-order valence-corrected chi connectivity index (χ4v) is 1.30. The Balaban J connectivity index is 2.44. The number of hydrogen-bond acceptors (Lipinski definition) is 3. The number of fused-ring (bicyclic) bond motifs is 1. The summed E-state index contributed by atoms with van der Waals surface area (Å²) in [5, 5.41) is 0.877. The number of ketones is 1. The maximum atomic E-state index is 11.3. The van der Waals surface area contributed by atoms with Crippen LogP contribution in [-0.4, -0.2) is 12.1 Å². The van der Waals surface area contributed by atoms with Gasteiger partial charge in [0.05, 0.1) is 6.42 Å². The molecule has 0 aliphatic rings. The minimum Gasteiger partial charge on any atom is -0.453 e. The molecule has 0 spiro atoms. The average Bonchev–Trinajstić information content (AvgIpc) is 2.61. The molecule has 0 atom stereocenters. The standard InChI is InChI=1S/C11H8O3/c12-6-5-9(13)11-7-8-3-1-2-4-10(8)14-11/h1-4,6-7H,5H2. The molecule has 3 nitrogen and oxygen atoms in total. The Bertz CT molecular complexity index is 449. The lowest BCUT2D eigenvalue weighted by Crippen LogP contribution is -1.96. The van der Waals surface area contributed by atoms with Crippen molar-refractivity contribution in [3.05, 3.63) is 36.1 Å². The Morgan fingerprint density at radius 1 is 1.36 bits per heavy atom. The molecule has 1 aromatic carbocycles. The van der Waals surface area contributed by atoms with Gasteiger partial charge in [0.1, 0.15) is 11.9 Å². The highest BCUT2D eigenvalue weighted by atomic mass is 16.3. The van der Waals surface area contributed by atoms with Crippen molar-refractivity contribution in [1.29, 1.82) is 0 Å².